The van der Waals surface area contributed by atoms with Crippen molar-refractivity contribution in [3.8, 4) is 5.75 Å². The van der Waals surface area contributed by atoms with Crippen LogP contribution < -0.4 is 9.64 Å². The summed E-state index contributed by atoms with van der Waals surface area (Å²) >= 11 is 6.15. The first-order chi connectivity index (χ1) is 12.0. The molecule has 0 unspecified atom stereocenters. The van der Waals surface area contributed by atoms with Crippen LogP contribution in [0.1, 0.15) is 10.4 Å². The number of piperazine rings is 1. The normalized spacial score (nSPS) is 14.6. The van der Waals surface area contributed by atoms with Crippen LogP contribution >= 0.6 is 11.6 Å². The predicted octanol–water partition coefficient (Wildman–Crippen LogP) is 3.59. The molecular weight excluding hydrogens is 350 g/mol. The molecule has 1 fully saturated rings. The van der Waals surface area contributed by atoms with Gasteiger partial charge in [0.05, 0.1) is 12.1 Å². The second-order valence-corrected chi connectivity index (χ2v) is 6.13. The highest BCUT2D eigenvalue weighted by atomic mass is 35.5. The van der Waals surface area contributed by atoms with Crippen molar-refractivity contribution in [3.05, 3.63) is 58.6 Å². The third-order valence-electron chi connectivity index (χ3n) is 4.23. The predicted molar refractivity (Wildman–Crippen MR) is 92.5 cm³/mol. The molecule has 0 radical (unpaired) electrons. The molecule has 1 amide bonds. The summed E-state index contributed by atoms with van der Waals surface area (Å²) in [7, 11) is 1.56. The number of rotatable bonds is 3. The standard InChI is InChI=1S/C18H17ClF2N2O2/c1-25-17-5-3-13(11-14(17)19)22-6-8-23(9-7-22)18(24)12-2-4-15(20)16(21)10-12/h2-5,10-11H,6-9H2,1H3. The van der Waals surface area contributed by atoms with E-state index in [9.17, 15) is 13.6 Å². The Hall–Kier alpha value is -2.34. The number of halogens is 3. The minimum absolute atomic E-state index is 0.153. The van der Waals surface area contributed by atoms with Gasteiger partial charge in [0.25, 0.3) is 5.91 Å². The summed E-state index contributed by atoms with van der Waals surface area (Å²) in [6.07, 6.45) is 0. The zero-order valence-electron chi connectivity index (χ0n) is 13.6. The summed E-state index contributed by atoms with van der Waals surface area (Å²) in [5.41, 5.74) is 1.10. The number of carbonyl (C=O) groups is 1. The Kier molecular flexibility index (Phi) is 5.08. The summed E-state index contributed by atoms with van der Waals surface area (Å²) in [4.78, 5) is 16.2. The fourth-order valence-electron chi connectivity index (χ4n) is 2.83. The quantitative estimate of drug-likeness (QED) is 0.832. The third-order valence-corrected chi connectivity index (χ3v) is 4.53. The molecule has 0 aromatic heterocycles. The van der Waals surface area contributed by atoms with E-state index in [1.54, 1.807) is 18.1 Å². The first kappa shape index (κ1) is 17.5. The maximum Gasteiger partial charge on any atom is 0.254 e. The molecule has 1 heterocycles. The SMILES string of the molecule is COc1ccc(N2CCN(C(=O)c3ccc(F)c(F)c3)CC2)cc1Cl. The number of benzene rings is 2. The van der Waals surface area contributed by atoms with Crippen molar-refractivity contribution in [2.45, 2.75) is 0 Å². The van der Waals surface area contributed by atoms with E-state index in [4.69, 9.17) is 16.3 Å². The molecule has 1 aliphatic rings. The molecule has 0 atom stereocenters. The fraction of sp³-hybridized carbons (Fsp3) is 0.278. The maximum atomic E-state index is 13.3. The number of amides is 1. The van der Waals surface area contributed by atoms with Crippen molar-refractivity contribution in [1.82, 2.24) is 4.90 Å². The van der Waals surface area contributed by atoms with Crippen LogP contribution in [-0.4, -0.2) is 44.1 Å². The molecule has 132 valence electrons. The Morgan fingerprint density at radius 1 is 1.04 bits per heavy atom. The summed E-state index contributed by atoms with van der Waals surface area (Å²) < 4.78 is 31.5. The minimum atomic E-state index is -1.02. The zero-order valence-corrected chi connectivity index (χ0v) is 14.4. The van der Waals surface area contributed by atoms with E-state index in [2.05, 4.69) is 4.90 Å². The van der Waals surface area contributed by atoms with Gasteiger partial charge in [-0.2, -0.15) is 0 Å². The van der Waals surface area contributed by atoms with Crippen molar-refractivity contribution in [3.63, 3.8) is 0 Å². The van der Waals surface area contributed by atoms with E-state index in [1.807, 2.05) is 12.1 Å². The van der Waals surface area contributed by atoms with Crippen LogP contribution in [0.15, 0.2) is 36.4 Å². The lowest BCUT2D eigenvalue weighted by atomic mass is 10.1. The summed E-state index contributed by atoms with van der Waals surface area (Å²) in [5, 5.41) is 0.528. The monoisotopic (exact) mass is 366 g/mol. The Bertz CT molecular complexity index is 793. The molecule has 2 aromatic rings. The highest BCUT2D eigenvalue weighted by Crippen LogP contribution is 2.29. The second-order valence-electron chi connectivity index (χ2n) is 5.73. The number of carbonyl (C=O) groups excluding carboxylic acids is 1. The summed E-state index contributed by atoms with van der Waals surface area (Å²) in [5.74, 6) is -1.67. The van der Waals surface area contributed by atoms with Gasteiger partial charge in [-0.15, -0.1) is 0 Å². The number of methoxy groups -OCH3 is 1. The van der Waals surface area contributed by atoms with Gasteiger partial charge in [0.1, 0.15) is 5.75 Å². The average molecular weight is 367 g/mol. The first-order valence-electron chi connectivity index (χ1n) is 7.82. The molecule has 0 spiro atoms. The van der Waals surface area contributed by atoms with Crippen molar-refractivity contribution in [2.24, 2.45) is 0 Å². The van der Waals surface area contributed by atoms with Gasteiger partial charge >= 0.3 is 0 Å². The molecule has 25 heavy (non-hydrogen) atoms. The van der Waals surface area contributed by atoms with Crippen LogP contribution in [0.2, 0.25) is 5.02 Å². The van der Waals surface area contributed by atoms with Gasteiger partial charge in [0, 0.05) is 37.4 Å². The van der Waals surface area contributed by atoms with E-state index >= 15 is 0 Å². The van der Waals surface area contributed by atoms with Gasteiger partial charge in [0.15, 0.2) is 11.6 Å². The summed E-state index contributed by atoms with van der Waals surface area (Å²) in [6.45, 7) is 2.22. The molecule has 0 saturated carbocycles. The molecule has 4 nitrogen and oxygen atoms in total. The van der Waals surface area contributed by atoms with Crippen LogP contribution in [0.3, 0.4) is 0 Å². The number of anilines is 1. The van der Waals surface area contributed by atoms with Crippen LogP contribution in [0, 0.1) is 11.6 Å². The number of ether oxygens (including phenoxy) is 1. The van der Waals surface area contributed by atoms with Crippen molar-refractivity contribution in [1.29, 1.82) is 0 Å². The Labute approximate surface area is 149 Å². The first-order valence-corrected chi connectivity index (χ1v) is 8.20. The van der Waals surface area contributed by atoms with Crippen LogP contribution in [0.4, 0.5) is 14.5 Å². The molecule has 2 aromatic carbocycles. The van der Waals surface area contributed by atoms with Crippen molar-refractivity contribution < 1.29 is 18.3 Å². The molecule has 7 heteroatoms. The minimum Gasteiger partial charge on any atom is -0.495 e. The van der Waals surface area contributed by atoms with Crippen LogP contribution in [-0.2, 0) is 0 Å². The Morgan fingerprint density at radius 3 is 2.36 bits per heavy atom. The highest BCUT2D eigenvalue weighted by molar-refractivity contribution is 6.32. The fourth-order valence-corrected chi connectivity index (χ4v) is 3.08. The van der Waals surface area contributed by atoms with Gasteiger partial charge < -0.3 is 14.5 Å². The zero-order chi connectivity index (χ0) is 18.0. The lowest BCUT2D eigenvalue weighted by Gasteiger charge is -2.36. The van der Waals surface area contributed by atoms with Gasteiger partial charge in [-0.3, -0.25) is 4.79 Å². The Balaban J connectivity index is 1.66. The Morgan fingerprint density at radius 2 is 1.76 bits per heavy atom. The van der Waals surface area contributed by atoms with Gasteiger partial charge in [-0.1, -0.05) is 11.6 Å². The summed E-state index contributed by atoms with van der Waals surface area (Å²) in [6, 6.07) is 8.75. The number of hydrogen-bond donors (Lipinski definition) is 0. The molecule has 1 saturated heterocycles. The van der Waals surface area contributed by atoms with E-state index in [0.29, 0.717) is 37.0 Å². The van der Waals surface area contributed by atoms with E-state index in [0.717, 1.165) is 17.8 Å². The highest BCUT2D eigenvalue weighted by Gasteiger charge is 2.23. The van der Waals surface area contributed by atoms with E-state index in [-0.39, 0.29) is 11.5 Å². The molecule has 0 aliphatic carbocycles. The molecule has 1 aliphatic heterocycles. The van der Waals surface area contributed by atoms with E-state index in [1.165, 1.54) is 6.07 Å². The smallest absolute Gasteiger partial charge is 0.254 e. The van der Waals surface area contributed by atoms with Crippen LogP contribution in [0.5, 0.6) is 5.75 Å². The number of hydrogen-bond acceptors (Lipinski definition) is 3. The van der Waals surface area contributed by atoms with Crippen molar-refractivity contribution in [2.75, 3.05) is 38.2 Å². The topological polar surface area (TPSA) is 32.8 Å². The number of nitrogens with zero attached hydrogens (tertiary/aromatic N) is 2. The average Bonchev–Trinajstić information content (AvgIpc) is 2.63. The van der Waals surface area contributed by atoms with E-state index < -0.39 is 11.6 Å². The maximum absolute atomic E-state index is 13.3. The van der Waals surface area contributed by atoms with Gasteiger partial charge in [-0.05, 0) is 36.4 Å². The largest absolute Gasteiger partial charge is 0.495 e. The lowest BCUT2D eigenvalue weighted by molar-refractivity contribution is 0.0746. The molecule has 3 rings (SSSR count). The molecule has 0 bridgehead atoms. The molecule has 0 N–H and O–H groups in total. The van der Waals surface area contributed by atoms with Gasteiger partial charge in [0.2, 0.25) is 0 Å². The van der Waals surface area contributed by atoms with Crippen LogP contribution in [0.25, 0.3) is 0 Å². The third kappa shape index (κ3) is 3.69. The molecular formula is C18H17ClF2N2O2. The van der Waals surface area contributed by atoms with Gasteiger partial charge in [-0.25, -0.2) is 8.78 Å². The lowest BCUT2D eigenvalue weighted by Crippen LogP contribution is -2.48. The van der Waals surface area contributed by atoms with Crippen molar-refractivity contribution >= 4 is 23.2 Å². The second kappa shape index (κ2) is 7.27.